The first-order valence-electron chi connectivity index (χ1n) is 8.05. The number of anilines is 2. The van der Waals surface area contributed by atoms with Crippen LogP contribution in [0.2, 0.25) is 5.02 Å². The lowest BCUT2D eigenvalue weighted by Gasteiger charge is -2.13. The average molecular weight is 363 g/mol. The third kappa shape index (κ3) is 5.06. The number of ether oxygens (including phenoxy) is 1. The topological polar surface area (TPSA) is 76.1 Å². The van der Waals surface area contributed by atoms with Crippen molar-refractivity contribution in [2.24, 2.45) is 5.92 Å². The number of carbonyl (C=O) groups is 1. The molecule has 0 radical (unpaired) electrons. The zero-order chi connectivity index (χ0) is 18.6. The van der Waals surface area contributed by atoms with Crippen LogP contribution in [0.5, 0.6) is 5.75 Å². The number of benzene rings is 1. The van der Waals surface area contributed by atoms with Crippen molar-refractivity contribution in [2.45, 2.75) is 27.7 Å². The van der Waals surface area contributed by atoms with Gasteiger partial charge in [-0.05, 0) is 31.4 Å². The van der Waals surface area contributed by atoms with Crippen molar-refractivity contribution in [1.29, 1.82) is 0 Å². The first-order valence-corrected chi connectivity index (χ1v) is 8.43. The molecule has 25 heavy (non-hydrogen) atoms. The van der Waals surface area contributed by atoms with Crippen molar-refractivity contribution in [3.05, 3.63) is 40.3 Å². The van der Waals surface area contributed by atoms with Gasteiger partial charge in [-0.25, -0.2) is 9.97 Å². The van der Waals surface area contributed by atoms with Crippen LogP contribution in [0, 0.1) is 19.8 Å². The van der Waals surface area contributed by atoms with E-state index >= 15 is 0 Å². The molecule has 1 aromatic carbocycles. The van der Waals surface area contributed by atoms with Crippen molar-refractivity contribution >= 4 is 29.0 Å². The summed E-state index contributed by atoms with van der Waals surface area (Å²) in [7, 11) is 1.53. The lowest BCUT2D eigenvalue weighted by Crippen LogP contribution is -2.17. The van der Waals surface area contributed by atoms with E-state index < -0.39 is 0 Å². The molecule has 0 unspecified atom stereocenters. The smallest absolute Gasteiger partial charge is 0.274 e. The van der Waals surface area contributed by atoms with Crippen LogP contribution >= 0.6 is 11.6 Å². The Kier molecular flexibility index (Phi) is 6.20. The summed E-state index contributed by atoms with van der Waals surface area (Å²) >= 11 is 6.10. The fraction of sp³-hybridized carbons (Fsp3) is 0.389. The largest absolute Gasteiger partial charge is 0.495 e. The summed E-state index contributed by atoms with van der Waals surface area (Å²) in [5.41, 5.74) is 1.67. The molecule has 2 rings (SSSR count). The molecular weight excluding hydrogens is 340 g/mol. The van der Waals surface area contributed by atoms with Crippen molar-refractivity contribution in [3.8, 4) is 5.75 Å². The zero-order valence-electron chi connectivity index (χ0n) is 15.1. The summed E-state index contributed by atoms with van der Waals surface area (Å²) in [5.74, 6) is 1.78. The Bertz CT molecular complexity index is 778. The molecule has 2 aromatic rings. The zero-order valence-corrected chi connectivity index (χ0v) is 15.9. The average Bonchev–Trinajstić information content (AvgIpc) is 2.55. The highest BCUT2D eigenvalue weighted by Gasteiger charge is 2.15. The van der Waals surface area contributed by atoms with Gasteiger partial charge in [-0.2, -0.15) is 0 Å². The highest BCUT2D eigenvalue weighted by atomic mass is 35.5. The number of hydrogen-bond donors (Lipinski definition) is 2. The second-order valence-corrected chi connectivity index (χ2v) is 6.62. The van der Waals surface area contributed by atoms with E-state index in [1.54, 1.807) is 25.1 Å². The van der Waals surface area contributed by atoms with Crippen molar-refractivity contribution < 1.29 is 9.53 Å². The second kappa shape index (κ2) is 8.16. The third-order valence-corrected chi connectivity index (χ3v) is 3.90. The summed E-state index contributed by atoms with van der Waals surface area (Å²) in [6.45, 7) is 8.58. The van der Waals surface area contributed by atoms with Crippen LogP contribution in [-0.2, 0) is 0 Å². The molecule has 0 bridgehead atoms. The first-order chi connectivity index (χ1) is 11.8. The molecule has 1 aromatic heterocycles. The van der Waals surface area contributed by atoms with E-state index in [9.17, 15) is 4.79 Å². The summed E-state index contributed by atoms with van der Waals surface area (Å²) in [6, 6.07) is 5.08. The van der Waals surface area contributed by atoms with Gasteiger partial charge in [0, 0.05) is 23.7 Å². The van der Waals surface area contributed by atoms with Crippen molar-refractivity contribution in [2.75, 3.05) is 24.3 Å². The van der Waals surface area contributed by atoms with E-state index in [4.69, 9.17) is 16.3 Å². The van der Waals surface area contributed by atoms with Crippen LogP contribution in [0.25, 0.3) is 0 Å². The number of nitrogens with zero attached hydrogens (tertiary/aromatic N) is 2. The van der Waals surface area contributed by atoms with Gasteiger partial charge >= 0.3 is 0 Å². The van der Waals surface area contributed by atoms with E-state index in [0.29, 0.717) is 34.0 Å². The molecule has 134 valence electrons. The maximum atomic E-state index is 12.6. The molecule has 0 spiro atoms. The number of carbonyl (C=O) groups excluding carboxylic acids is 1. The van der Waals surface area contributed by atoms with Gasteiger partial charge in [-0.3, -0.25) is 4.79 Å². The Labute approximate surface area is 153 Å². The minimum absolute atomic E-state index is 0.286. The van der Waals surface area contributed by atoms with E-state index in [0.717, 1.165) is 12.1 Å². The number of methoxy groups -OCH3 is 1. The van der Waals surface area contributed by atoms with Crippen LogP contribution in [-0.4, -0.2) is 29.5 Å². The number of nitrogens with one attached hydrogen (secondary N) is 2. The van der Waals surface area contributed by atoms with Gasteiger partial charge < -0.3 is 15.4 Å². The number of aromatic nitrogens is 2. The summed E-state index contributed by atoms with van der Waals surface area (Å²) in [6.07, 6.45) is 0. The van der Waals surface area contributed by atoms with Gasteiger partial charge in [0.2, 0.25) is 0 Å². The molecule has 0 fully saturated rings. The molecule has 6 nitrogen and oxygen atoms in total. The minimum atomic E-state index is -0.335. The maximum Gasteiger partial charge on any atom is 0.274 e. The van der Waals surface area contributed by atoms with Crippen LogP contribution in [0.3, 0.4) is 0 Å². The molecule has 0 saturated heterocycles. The molecule has 0 aliphatic carbocycles. The van der Waals surface area contributed by atoms with Gasteiger partial charge in [-0.15, -0.1) is 0 Å². The van der Waals surface area contributed by atoms with Crippen LogP contribution in [0.4, 0.5) is 11.5 Å². The fourth-order valence-electron chi connectivity index (χ4n) is 2.20. The fourth-order valence-corrected chi connectivity index (χ4v) is 2.35. The first kappa shape index (κ1) is 19.0. The van der Waals surface area contributed by atoms with Gasteiger partial charge in [0.15, 0.2) is 0 Å². The van der Waals surface area contributed by atoms with E-state index in [1.807, 2.05) is 6.92 Å². The van der Waals surface area contributed by atoms with E-state index in [2.05, 4.69) is 34.4 Å². The Morgan fingerprint density at radius 3 is 2.60 bits per heavy atom. The highest BCUT2D eigenvalue weighted by Crippen LogP contribution is 2.31. The van der Waals surface area contributed by atoms with Gasteiger partial charge in [0.25, 0.3) is 5.91 Å². The highest BCUT2D eigenvalue weighted by molar-refractivity contribution is 6.31. The molecule has 7 heteroatoms. The molecule has 2 N–H and O–H groups in total. The van der Waals surface area contributed by atoms with Crippen LogP contribution in [0.15, 0.2) is 18.2 Å². The molecule has 0 aliphatic heterocycles. The maximum absolute atomic E-state index is 12.6. The van der Waals surface area contributed by atoms with Crippen LogP contribution < -0.4 is 15.4 Å². The Hall–Kier alpha value is -2.34. The van der Waals surface area contributed by atoms with Crippen LogP contribution in [0.1, 0.15) is 35.7 Å². The monoisotopic (exact) mass is 362 g/mol. The van der Waals surface area contributed by atoms with E-state index in [1.165, 1.54) is 7.11 Å². The molecule has 0 atom stereocenters. The normalized spacial score (nSPS) is 10.7. The quantitative estimate of drug-likeness (QED) is 0.809. The van der Waals surface area contributed by atoms with E-state index in [-0.39, 0.29) is 11.6 Å². The number of amides is 1. The standard InChI is InChI=1S/C18H23ClN4O2/c1-10(2)9-20-17-8-15(21-12(4)22-17)18(24)23-14-6-11(3)13(19)7-16(14)25-5/h6-8,10H,9H2,1-5H3,(H,23,24)(H,20,21,22). The number of halogens is 1. The Balaban J connectivity index is 2.25. The Morgan fingerprint density at radius 2 is 1.96 bits per heavy atom. The summed E-state index contributed by atoms with van der Waals surface area (Å²) in [5, 5.41) is 6.61. The molecule has 0 aliphatic rings. The lowest BCUT2D eigenvalue weighted by atomic mass is 10.2. The number of hydrogen-bond acceptors (Lipinski definition) is 5. The second-order valence-electron chi connectivity index (χ2n) is 6.22. The Morgan fingerprint density at radius 1 is 1.24 bits per heavy atom. The molecule has 0 saturated carbocycles. The SMILES string of the molecule is COc1cc(Cl)c(C)cc1NC(=O)c1cc(NCC(C)C)nc(C)n1. The van der Waals surface area contributed by atoms with Gasteiger partial charge in [-0.1, -0.05) is 25.4 Å². The lowest BCUT2D eigenvalue weighted by molar-refractivity contribution is 0.102. The molecule has 1 heterocycles. The third-order valence-electron chi connectivity index (χ3n) is 3.49. The predicted molar refractivity (Wildman–Crippen MR) is 101 cm³/mol. The minimum Gasteiger partial charge on any atom is -0.495 e. The number of aryl methyl sites for hydroxylation is 2. The summed E-state index contributed by atoms with van der Waals surface area (Å²) in [4.78, 5) is 21.1. The molecular formula is C18H23ClN4O2. The van der Waals surface area contributed by atoms with Crippen molar-refractivity contribution in [3.63, 3.8) is 0 Å². The predicted octanol–water partition coefficient (Wildman–Crippen LogP) is 4.08. The van der Waals surface area contributed by atoms with Gasteiger partial charge in [0.1, 0.15) is 23.1 Å². The number of rotatable bonds is 6. The summed E-state index contributed by atoms with van der Waals surface area (Å²) < 4.78 is 5.29. The van der Waals surface area contributed by atoms with Gasteiger partial charge in [0.05, 0.1) is 12.8 Å². The molecule has 1 amide bonds. The van der Waals surface area contributed by atoms with Crippen molar-refractivity contribution in [1.82, 2.24) is 9.97 Å².